The second-order valence-corrected chi connectivity index (χ2v) is 9.64. The molecule has 184 valence electrons. The number of nitrogens with zero attached hydrogens (tertiary/aromatic N) is 2. The second kappa shape index (κ2) is 11.8. The topological polar surface area (TPSA) is 97.3 Å². The van der Waals surface area contributed by atoms with Crippen molar-refractivity contribution in [2.45, 2.75) is 11.4 Å². The number of benzene rings is 3. The van der Waals surface area contributed by atoms with Gasteiger partial charge < -0.3 is 9.47 Å². The summed E-state index contributed by atoms with van der Waals surface area (Å²) in [5, 5.41) is 4.27. The first-order chi connectivity index (χ1) is 16.7. The van der Waals surface area contributed by atoms with Gasteiger partial charge in [-0.15, -0.1) is 0 Å². The smallest absolute Gasteiger partial charge is 0.255 e. The molecule has 35 heavy (non-hydrogen) atoms. The van der Waals surface area contributed by atoms with Gasteiger partial charge in [0, 0.05) is 11.6 Å². The first-order valence-corrected chi connectivity index (χ1v) is 12.1. The van der Waals surface area contributed by atoms with E-state index in [1.54, 1.807) is 18.2 Å². The van der Waals surface area contributed by atoms with Crippen LogP contribution in [0.15, 0.2) is 76.7 Å². The molecule has 0 heterocycles. The fraction of sp³-hybridized carbons (Fsp3) is 0.167. The monoisotopic (exact) mass is 519 g/mol. The Kier molecular flexibility index (Phi) is 8.80. The Bertz CT molecular complexity index is 1300. The van der Waals surface area contributed by atoms with Crippen molar-refractivity contribution in [3.8, 4) is 11.5 Å². The van der Waals surface area contributed by atoms with Gasteiger partial charge >= 0.3 is 0 Å². The van der Waals surface area contributed by atoms with Gasteiger partial charge in [0.1, 0.15) is 5.82 Å². The van der Waals surface area contributed by atoms with Crippen molar-refractivity contribution in [1.82, 2.24) is 9.73 Å². The third-order valence-corrected chi connectivity index (χ3v) is 6.91. The summed E-state index contributed by atoms with van der Waals surface area (Å²) in [4.78, 5) is 12.6. The van der Waals surface area contributed by atoms with E-state index in [9.17, 15) is 17.6 Å². The summed E-state index contributed by atoms with van der Waals surface area (Å²) in [5.74, 6) is -0.0932. The van der Waals surface area contributed by atoms with Crippen molar-refractivity contribution in [2.75, 3.05) is 20.8 Å². The maximum Gasteiger partial charge on any atom is 0.255 e. The molecule has 0 radical (unpaired) electrons. The number of carbonyl (C=O) groups excluding carboxylic acids is 1. The van der Waals surface area contributed by atoms with Gasteiger partial charge in [0.05, 0.1) is 31.9 Å². The van der Waals surface area contributed by atoms with Gasteiger partial charge in [0.25, 0.3) is 5.91 Å². The molecular formula is C24H23ClFN3O5S. The molecule has 0 atom stereocenters. The highest BCUT2D eigenvalue weighted by Crippen LogP contribution is 2.27. The summed E-state index contributed by atoms with van der Waals surface area (Å²) in [7, 11) is -1.06. The van der Waals surface area contributed by atoms with E-state index >= 15 is 0 Å². The lowest BCUT2D eigenvalue weighted by Crippen LogP contribution is -2.39. The van der Waals surface area contributed by atoms with Gasteiger partial charge in [-0.05, 0) is 65.7 Å². The summed E-state index contributed by atoms with van der Waals surface area (Å²) in [5.41, 5.74) is 3.46. The summed E-state index contributed by atoms with van der Waals surface area (Å²) >= 11 is 5.88. The van der Waals surface area contributed by atoms with E-state index in [-0.39, 0.29) is 11.4 Å². The summed E-state index contributed by atoms with van der Waals surface area (Å²) in [6.45, 7) is -0.677. The van der Waals surface area contributed by atoms with E-state index in [1.807, 2.05) is 0 Å². The standard InChI is InChI=1S/C24H23ClFN3O5S/c1-33-22-12-5-18(13-23(22)34-2)14-27-28-24(30)16-29(15-17-3-8-20(26)9-4-17)35(31,32)21-10-6-19(25)7-11-21/h3-14H,15-16H2,1-2H3,(H,28,30)/b27-14-. The maximum absolute atomic E-state index is 13.3. The largest absolute Gasteiger partial charge is 0.493 e. The number of carbonyl (C=O) groups is 1. The SMILES string of the molecule is COc1ccc(/C=N\NC(=O)CN(Cc2ccc(F)cc2)S(=O)(=O)c2ccc(Cl)cc2)cc1OC. The Labute approximate surface area is 208 Å². The van der Waals surface area contributed by atoms with Crippen molar-refractivity contribution in [1.29, 1.82) is 0 Å². The molecule has 0 saturated heterocycles. The first-order valence-electron chi connectivity index (χ1n) is 10.3. The molecule has 0 fully saturated rings. The fourth-order valence-corrected chi connectivity index (χ4v) is 4.59. The van der Waals surface area contributed by atoms with Crippen LogP contribution in [0.25, 0.3) is 0 Å². The van der Waals surface area contributed by atoms with Crippen molar-refractivity contribution in [2.24, 2.45) is 5.10 Å². The van der Waals surface area contributed by atoms with E-state index in [0.717, 1.165) is 4.31 Å². The quantitative estimate of drug-likeness (QED) is 0.324. The van der Waals surface area contributed by atoms with Crippen molar-refractivity contribution in [3.63, 3.8) is 0 Å². The Morgan fingerprint density at radius 3 is 2.31 bits per heavy atom. The van der Waals surface area contributed by atoms with Crippen LogP contribution in [0.3, 0.4) is 0 Å². The maximum atomic E-state index is 13.3. The molecule has 1 N–H and O–H groups in total. The predicted octanol–water partition coefficient (Wildman–Crippen LogP) is 3.84. The number of amides is 1. The lowest BCUT2D eigenvalue weighted by Gasteiger charge is -2.21. The molecule has 11 heteroatoms. The van der Waals surface area contributed by atoms with Crippen LogP contribution >= 0.6 is 11.6 Å². The minimum atomic E-state index is -4.08. The number of hydrazone groups is 1. The Morgan fingerprint density at radius 1 is 1.03 bits per heavy atom. The third-order valence-electron chi connectivity index (χ3n) is 4.85. The summed E-state index contributed by atoms with van der Waals surface area (Å²) < 4.78 is 51.2. The number of hydrogen-bond donors (Lipinski definition) is 1. The third kappa shape index (κ3) is 7.01. The Balaban J connectivity index is 1.77. The molecule has 0 aliphatic rings. The Hall–Kier alpha value is -3.47. The van der Waals surface area contributed by atoms with Crippen LogP contribution in [0.4, 0.5) is 4.39 Å². The van der Waals surface area contributed by atoms with Gasteiger partial charge in [0.15, 0.2) is 11.5 Å². The van der Waals surface area contributed by atoms with Crippen LogP contribution in [0, 0.1) is 5.82 Å². The number of ether oxygens (including phenoxy) is 2. The van der Waals surface area contributed by atoms with Gasteiger partial charge in [-0.3, -0.25) is 4.79 Å². The number of halogens is 2. The molecule has 0 aliphatic carbocycles. The van der Waals surface area contributed by atoms with Crippen LogP contribution in [0.1, 0.15) is 11.1 Å². The highest BCUT2D eigenvalue weighted by molar-refractivity contribution is 7.89. The van der Waals surface area contributed by atoms with Gasteiger partial charge in [-0.2, -0.15) is 9.41 Å². The Morgan fingerprint density at radius 2 is 1.69 bits per heavy atom. The van der Waals surface area contributed by atoms with Gasteiger partial charge in [0.2, 0.25) is 10.0 Å². The van der Waals surface area contributed by atoms with Crippen LogP contribution in [-0.4, -0.2) is 45.6 Å². The number of rotatable bonds is 10. The molecule has 3 aromatic carbocycles. The number of methoxy groups -OCH3 is 2. The van der Waals surface area contributed by atoms with Crippen LogP contribution in [0.5, 0.6) is 11.5 Å². The zero-order chi connectivity index (χ0) is 25.4. The zero-order valence-electron chi connectivity index (χ0n) is 18.9. The van der Waals surface area contributed by atoms with E-state index in [4.69, 9.17) is 21.1 Å². The van der Waals surface area contributed by atoms with E-state index < -0.39 is 28.3 Å². The molecule has 0 aromatic heterocycles. The van der Waals surface area contributed by atoms with Crippen LogP contribution < -0.4 is 14.9 Å². The predicted molar refractivity (Wildman–Crippen MR) is 131 cm³/mol. The summed E-state index contributed by atoms with van der Waals surface area (Å²) in [6.07, 6.45) is 1.39. The molecule has 1 amide bonds. The molecule has 0 bridgehead atoms. The number of hydrogen-bond acceptors (Lipinski definition) is 6. The van der Waals surface area contributed by atoms with E-state index in [0.29, 0.717) is 27.6 Å². The number of sulfonamides is 1. The molecular weight excluding hydrogens is 497 g/mol. The molecule has 0 spiro atoms. The second-order valence-electron chi connectivity index (χ2n) is 7.26. The van der Waals surface area contributed by atoms with Gasteiger partial charge in [-0.25, -0.2) is 18.2 Å². The molecule has 8 nitrogen and oxygen atoms in total. The van der Waals surface area contributed by atoms with Gasteiger partial charge in [-0.1, -0.05) is 23.7 Å². The lowest BCUT2D eigenvalue weighted by atomic mass is 10.2. The average Bonchev–Trinajstić information content (AvgIpc) is 2.85. The van der Waals surface area contributed by atoms with Crippen molar-refractivity contribution >= 4 is 33.7 Å². The average molecular weight is 520 g/mol. The normalized spacial score (nSPS) is 11.6. The highest BCUT2D eigenvalue weighted by atomic mass is 35.5. The van der Waals surface area contributed by atoms with E-state index in [2.05, 4.69) is 10.5 Å². The molecule has 0 aliphatic heterocycles. The highest BCUT2D eigenvalue weighted by Gasteiger charge is 2.27. The molecule has 0 unspecified atom stereocenters. The first kappa shape index (κ1) is 26.1. The number of nitrogens with one attached hydrogen (secondary N) is 1. The van der Waals surface area contributed by atoms with Crippen molar-refractivity contribution in [3.05, 3.63) is 88.7 Å². The zero-order valence-corrected chi connectivity index (χ0v) is 20.5. The molecule has 3 aromatic rings. The van der Waals surface area contributed by atoms with Crippen molar-refractivity contribution < 1.29 is 27.1 Å². The lowest BCUT2D eigenvalue weighted by molar-refractivity contribution is -0.121. The minimum Gasteiger partial charge on any atom is -0.493 e. The molecule has 3 rings (SSSR count). The minimum absolute atomic E-state index is 0.0364. The summed E-state index contributed by atoms with van der Waals surface area (Å²) in [6, 6.07) is 16.0. The van der Waals surface area contributed by atoms with Crippen LogP contribution in [-0.2, 0) is 21.4 Å². The molecule has 0 saturated carbocycles. The fourth-order valence-electron chi connectivity index (χ4n) is 3.08. The van der Waals surface area contributed by atoms with E-state index in [1.165, 1.54) is 69.0 Å². The van der Waals surface area contributed by atoms with Crippen LogP contribution in [0.2, 0.25) is 5.02 Å².